The van der Waals surface area contributed by atoms with Gasteiger partial charge in [0.1, 0.15) is 6.04 Å². The van der Waals surface area contributed by atoms with Crippen molar-refractivity contribution in [1.82, 2.24) is 4.90 Å². The van der Waals surface area contributed by atoms with Gasteiger partial charge in [-0.25, -0.2) is 0 Å². The van der Waals surface area contributed by atoms with Gasteiger partial charge in [-0.1, -0.05) is 0 Å². The Balaban J connectivity index is 2.03. The second-order valence-corrected chi connectivity index (χ2v) is 5.54. The highest BCUT2D eigenvalue weighted by Crippen LogP contribution is 2.22. The number of rotatable bonds is 3. The minimum Gasteiger partial charge on any atom is -0.480 e. The maximum absolute atomic E-state index is 11.0. The van der Waals surface area contributed by atoms with Crippen molar-refractivity contribution in [2.45, 2.75) is 12.6 Å². The molecule has 4 nitrogen and oxygen atoms in total. The third-order valence-electron chi connectivity index (χ3n) is 2.51. The minimum atomic E-state index is -0.810. The molecular formula is C10H12BrNO3S. The van der Waals surface area contributed by atoms with Crippen molar-refractivity contribution in [1.29, 1.82) is 0 Å². The smallest absolute Gasteiger partial charge is 0.323 e. The zero-order valence-corrected chi connectivity index (χ0v) is 11.0. The molecule has 1 unspecified atom stereocenters. The quantitative estimate of drug-likeness (QED) is 0.925. The lowest BCUT2D eigenvalue weighted by atomic mass is 10.2. The number of hydrogen-bond acceptors (Lipinski definition) is 4. The molecule has 1 aliphatic heterocycles. The van der Waals surface area contributed by atoms with Crippen molar-refractivity contribution in [3.05, 3.63) is 20.8 Å². The molecule has 0 bridgehead atoms. The van der Waals surface area contributed by atoms with Crippen molar-refractivity contribution in [2.75, 3.05) is 19.8 Å². The third kappa shape index (κ3) is 2.82. The molecule has 88 valence electrons. The molecule has 1 saturated heterocycles. The van der Waals surface area contributed by atoms with Crippen molar-refractivity contribution in [3.63, 3.8) is 0 Å². The summed E-state index contributed by atoms with van der Waals surface area (Å²) in [6, 6.07) is 1.51. The van der Waals surface area contributed by atoms with E-state index in [0.29, 0.717) is 19.7 Å². The highest BCUT2D eigenvalue weighted by molar-refractivity contribution is 9.10. The number of carbonyl (C=O) groups is 1. The van der Waals surface area contributed by atoms with Gasteiger partial charge in [0.15, 0.2) is 0 Å². The van der Waals surface area contributed by atoms with Crippen LogP contribution < -0.4 is 0 Å². The van der Waals surface area contributed by atoms with E-state index >= 15 is 0 Å². The van der Waals surface area contributed by atoms with Crippen LogP contribution in [0.5, 0.6) is 0 Å². The molecule has 2 rings (SSSR count). The molecule has 0 aliphatic carbocycles. The average Bonchev–Trinajstić information content (AvgIpc) is 2.64. The molecule has 16 heavy (non-hydrogen) atoms. The van der Waals surface area contributed by atoms with E-state index in [1.807, 2.05) is 16.3 Å². The number of thiophene rings is 1. The van der Waals surface area contributed by atoms with E-state index < -0.39 is 12.0 Å². The topological polar surface area (TPSA) is 49.8 Å². The first-order valence-corrected chi connectivity index (χ1v) is 6.61. The van der Waals surface area contributed by atoms with E-state index in [9.17, 15) is 4.79 Å². The number of nitrogens with zero attached hydrogens (tertiary/aromatic N) is 1. The van der Waals surface area contributed by atoms with Crippen LogP contribution in [0.1, 0.15) is 4.88 Å². The highest BCUT2D eigenvalue weighted by Gasteiger charge is 2.29. The van der Waals surface area contributed by atoms with Gasteiger partial charge in [0.2, 0.25) is 0 Å². The lowest BCUT2D eigenvalue weighted by Crippen LogP contribution is -2.49. The lowest BCUT2D eigenvalue weighted by Gasteiger charge is -2.32. The normalized spacial score (nSPS) is 22.2. The third-order valence-corrected chi connectivity index (χ3v) is 4.19. The fourth-order valence-electron chi connectivity index (χ4n) is 1.69. The molecule has 0 spiro atoms. The summed E-state index contributed by atoms with van der Waals surface area (Å²) >= 11 is 5.03. The van der Waals surface area contributed by atoms with Crippen LogP contribution in [0.25, 0.3) is 0 Å². The number of halogens is 1. The summed E-state index contributed by atoms with van der Waals surface area (Å²) in [5, 5.41) is 11.1. The maximum atomic E-state index is 11.0. The first-order valence-electron chi connectivity index (χ1n) is 4.94. The summed E-state index contributed by atoms with van der Waals surface area (Å²) in [6.45, 7) is 2.24. The monoisotopic (exact) mass is 305 g/mol. The Morgan fingerprint density at radius 1 is 1.75 bits per heavy atom. The molecule has 1 aromatic rings. The first-order chi connectivity index (χ1) is 7.66. The largest absolute Gasteiger partial charge is 0.480 e. The Kier molecular flexibility index (Phi) is 3.96. The SMILES string of the molecule is O=C(O)C1COCCN1Cc1cc(Br)cs1. The van der Waals surface area contributed by atoms with E-state index in [1.54, 1.807) is 11.3 Å². The maximum Gasteiger partial charge on any atom is 0.323 e. The molecular weight excluding hydrogens is 294 g/mol. The summed E-state index contributed by atoms with van der Waals surface area (Å²) in [5.41, 5.74) is 0. The zero-order chi connectivity index (χ0) is 11.5. The van der Waals surface area contributed by atoms with E-state index in [-0.39, 0.29) is 6.61 Å². The first kappa shape index (κ1) is 12.0. The fourth-order valence-corrected chi connectivity index (χ4v) is 3.17. The molecule has 1 atom stereocenters. The van der Waals surface area contributed by atoms with Gasteiger partial charge in [0.25, 0.3) is 0 Å². The summed E-state index contributed by atoms with van der Waals surface area (Å²) in [6.07, 6.45) is 0. The number of hydrogen-bond donors (Lipinski definition) is 1. The van der Waals surface area contributed by atoms with E-state index in [0.717, 1.165) is 4.47 Å². The van der Waals surface area contributed by atoms with Crippen LogP contribution in [-0.4, -0.2) is 41.8 Å². The number of ether oxygens (including phenoxy) is 1. The Labute approximate surface area is 106 Å². The van der Waals surface area contributed by atoms with E-state index in [1.165, 1.54) is 4.88 Å². The molecule has 1 N–H and O–H groups in total. The standard InChI is InChI=1S/C10H12BrNO3S/c11-7-3-8(16-6-7)4-12-1-2-15-5-9(12)10(13)14/h3,6,9H,1-2,4-5H2,(H,13,14). The van der Waals surface area contributed by atoms with E-state index in [4.69, 9.17) is 9.84 Å². The Bertz CT molecular complexity index is 382. The van der Waals surface area contributed by atoms with Crippen LogP contribution in [0.2, 0.25) is 0 Å². The zero-order valence-electron chi connectivity index (χ0n) is 8.56. The Morgan fingerprint density at radius 3 is 3.19 bits per heavy atom. The fraction of sp³-hybridized carbons (Fsp3) is 0.500. The molecule has 0 amide bonds. The number of aliphatic carboxylic acids is 1. The van der Waals surface area contributed by atoms with Gasteiger partial charge in [-0.3, -0.25) is 9.69 Å². The summed E-state index contributed by atoms with van der Waals surface area (Å²) in [7, 11) is 0. The molecule has 0 aromatic carbocycles. The molecule has 0 saturated carbocycles. The molecule has 6 heteroatoms. The molecule has 0 radical (unpaired) electrons. The van der Waals surface area contributed by atoms with Crippen molar-refractivity contribution in [3.8, 4) is 0 Å². The summed E-state index contributed by atoms with van der Waals surface area (Å²) in [4.78, 5) is 14.1. The Hall–Kier alpha value is -0.430. The minimum absolute atomic E-state index is 0.280. The number of morpholine rings is 1. The van der Waals surface area contributed by atoms with Gasteiger partial charge >= 0.3 is 5.97 Å². The number of carboxylic acids is 1. The van der Waals surface area contributed by atoms with Crippen LogP contribution in [0.4, 0.5) is 0 Å². The average molecular weight is 306 g/mol. The Morgan fingerprint density at radius 2 is 2.56 bits per heavy atom. The van der Waals surface area contributed by atoms with Crippen LogP contribution in [-0.2, 0) is 16.1 Å². The summed E-state index contributed by atoms with van der Waals surface area (Å²) < 4.78 is 6.24. The van der Waals surface area contributed by atoms with Crippen LogP contribution in [0.3, 0.4) is 0 Å². The van der Waals surface area contributed by atoms with Crippen LogP contribution in [0, 0.1) is 0 Å². The second kappa shape index (κ2) is 5.27. The van der Waals surface area contributed by atoms with Crippen molar-refractivity contribution >= 4 is 33.2 Å². The van der Waals surface area contributed by atoms with E-state index in [2.05, 4.69) is 15.9 Å². The second-order valence-electron chi connectivity index (χ2n) is 3.63. The van der Waals surface area contributed by atoms with Crippen LogP contribution in [0.15, 0.2) is 15.9 Å². The molecule has 2 heterocycles. The molecule has 1 fully saturated rings. The van der Waals surface area contributed by atoms with Gasteiger partial charge in [-0.15, -0.1) is 11.3 Å². The highest BCUT2D eigenvalue weighted by atomic mass is 79.9. The van der Waals surface area contributed by atoms with Gasteiger partial charge in [-0.05, 0) is 22.0 Å². The van der Waals surface area contributed by atoms with Gasteiger partial charge in [-0.2, -0.15) is 0 Å². The molecule has 1 aromatic heterocycles. The number of carboxylic acid groups (broad SMARTS) is 1. The van der Waals surface area contributed by atoms with Gasteiger partial charge in [0.05, 0.1) is 13.2 Å². The summed E-state index contributed by atoms with van der Waals surface area (Å²) in [5.74, 6) is -0.810. The predicted molar refractivity (Wildman–Crippen MR) is 64.7 cm³/mol. The predicted octanol–water partition coefficient (Wildman–Crippen LogP) is 1.80. The lowest BCUT2D eigenvalue weighted by molar-refractivity contribution is -0.150. The van der Waals surface area contributed by atoms with Gasteiger partial charge in [0, 0.05) is 27.8 Å². The van der Waals surface area contributed by atoms with Crippen molar-refractivity contribution < 1.29 is 14.6 Å². The van der Waals surface area contributed by atoms with Crippen molar-refractivity contribution in [2.24, 2.45) is 0 Å². The van der Waals surface area contributed by atoms with Gasteiger partial charge < -0.3 is 9.84 Å². The van der Waals surface area contributed by atoms with Crippen LogP contribution >= 0.6 is 27.3 Å². The molecule has 1 aliphatic rings.